The van der Waals surface area contributed by atoms with Gasteiger partial charge in [0.1, 0.15) is 9.34 Å². The molecule has 0 aliphatic rings. The Morgan fingerprint density at radius 2 is 2.55 bits per heavy atom. The molecule has 1 aromatic heterocycles. The number of halogens is 1. The third-order valence-corrected chi connectivity index (χ3v) is 3.23. The van der Waals surface area contributed by atoms with Crippen molar-refractivity contribution in [2.45, 2.75) is 5.75 Å². The van der Waals surface area contributed by atoms with E-state index in [9.17, 15) is 0 Å². The number of aliphatic hydroxyl groups excluding tert-OH is 1. The normalized spacial score (nSPS) is 10.4. The highest BCUT2D eigenvalue weighted by atomic mass is 35.5. The first-order chi connectivity index (χ1) is 5.33. The van der Waals surface area contributed by atoms with E-state index in [-0.39, 0.29) is 6.61 Å². The standard InChI is InChI=1S/C6H8ClNOS2/c7-5-3-8-6(11-5)4-10-2-1-9/h3,9H,1-2,4H2. The second-order valence-electron chi connectivity index (χ2n) is 1.83. The van der Waals surface area contributed by atoms with E-state index in [0.717, 1.165) is 20.8 Å². The first-order valence-electron chi connectivity index (χ1n) is 3.11. The van der Waals surface area contributed by atoms with Gasteiger partial charge in [0.2, 0.25) is 0 Å². The molecule has 0 atom stereocenters. The van der Waals surface area contributed by atoms with E-state index in [2.05, 4.69) is 4.98 Å². The Labute approximate surface area is 78.6 Å². The summed E-state index contributed by atoms with van der Waals surface area (Å²) in [7, 11) is 0. The lowest BCUT2D eigenvalue weighted by Crippen LogP contribution is -1.86. The quantitative estimate of drug-likeness (QED) is 0.771. The van der Waals surface area contributed by atoms with Crippen LogP contribution in [-0.2, 0) is 5.75 Å². The van der Waals surface area contributed by atoms with Gasteiger partial charge < -0.3 is 5.11 Å². The molecule has 1 aromatic rings. The molecule has 0 saturated carbocycles. The third-order valence-electron chi connectivity index (χ3n) is 0.987. The van der Waals surface area contributed by atoms with E-state index >= 15 is 0 Å². The lowest BCUT2D eigenvalue weighted by atomic mass is 10.8. The number of hydrogen-bond acceptors (Lipinski definition) is 4. The zero-order valence-corrected chi connectivity index (χ0v) is 8.18. The minimum atomic E-state index is 0.226. The molecule has 1 heterocycles. The second-order valence-corrected chi connectivity index (χ2v) is 4.69. The van der Waals surface area contributed by atoms with Crippen molar-refractivity contribution in [1.82, 2.24) is 4.98 Å². The van der Waals surface area contributed by atoms with Crippen LogP contribution in [0.25, 0.3) is 0 Å². The molecular weight excluding hydrogens is 202 g/mol. The minimum Gasteiger partial charge on any atom is -0.396 e. The van der Waals surface area contributed by atoms with Gasteiger partial charge in [0.25, 0.3) is 0 Å². The van der Waals surface area contributed by atoms with Crippen LogP contribution in [0.1, 0.15) is 5.01 Å². The average molecular weight is 210 g/mol. The summed E-state index contributed by atoms with van der Waals surface area (Å²) in [6.07, 6.45) is 1.65. The van der Waals surface area contributed by atoms with Crippen LogP contribution in [0.2, 0.25) is 4.34 Å². The van der Waals surface area contributed by atoms with Crippen molar-refractivity contribution >= 4 is 34.7 Å². The van der Waals surface area contributed by atoms with Gasteiger partial charge in [-0.1, -0.05) is 11.6 Å². The van der Waals surface area contributed by atoms with Gasteiger partial charge in [-0.3, -0.25) is 0 Å². The van der Waals surface area contributed by atoms with Crippen molar-refractivity contribution in [2.24, 2.45) is 0 Å². The number of thiazole rings is 1. The summed E-state index contributed by atoms with van der Waals surface area (Å²) in [5.74, 6) is 1.61. The van der Waals surface area contributed by atoms with Crippen molar-refractivity contribution in [3.8, 4) is 0 Å². The Bertz CT molecular complexity index is 216. The molecule has 62 valence electrons. The Hall–Kier alpha value is 0.230. The smallest absolute Gasteiger partial charge is 0.113 e. The fourth-order valence-corrected chi connectivity index (χ4v) is 2.34. The van der Waals surface area contributed by atoms with Crippen LogP contribution >= 0.6 is 34.7 Å². The van der Waals surface area contributed by atoms with Gasteiger partial charge in [0.15, 0.2) is 0 Å². The first kappa shape index (κ1) is 9.32. The average Bonchev–Trinajstić information content (AvgIpc) is 2.37. The summed E-state index contributed by atoms with van der Waals surface area (Å²) in [4.78, 5) is 4.07. The molecule has 0 spiro atoms. The summed E-state index contributed by atoms with van der Waals surface area (Å²) in [5.41, 5.74) is 0. The summed E-state index contributed by atoms with van der Waals surface area (Å²) < 4.78 is 0.726. The van der Waals surface area contributed by atoms with Crippen molar-refractivity contribution in [1.29, 1.82) is 0 Å². The predicted octanol–water partition coefficient (Wildman–Crippen LogP) is 2.02. The van der Waals surface area contributed by atoms with E-state index in [1.54, 1.807) is 18.0 Å². The Morgan fingerprint density at radius 1 is 1.73 bits per heavy atom. The molecule has 0 bridgehead atoms. The fourth-order valence-electron chi connectivity index (χ4n) is 0.579. The fraction of sp³-hybridized carbons (Fsp3) is 0.500. The summed E-state index contributed by atoms with van der Waals surface area (Å²) >= 11 is 8.82. The van der Waals surface area contributed by atoms with E-state index < -0.39 is 0 Å². The lowest BCUT2D eigenvalue weighted by Gasteiger charge is -1.92. The van der Waals surface area contributed by atoms with Gasteiger partial charge in [0, 0.05) is 11.5 Å². The van der Waals surface area contributed by atoms with Gasteiger partial charge >= 0.3 is 0 Å². The monoisotopic (exact) mass is 209 g/mol. The van der Waals surface area contributed by atoms with Crippen molar-refractivity contribution in [3.63, 3.8) is 0 Å². The Balaban J connectivity index is 2.27. The van der Waals surface area contributed by atoms with Gasteiger partial charge in [-0.25, -0.2) is 4.98 Å². The highest BCUT2D eigenvalue weighted by Crippen LogP contribution is 2.21. The maximum Gasteiger partial charge on any atom is 0.113 e. The first-order valence-corrected chi connectivity index (χ1v) is 5.46. The molecule has 0 aliphatic carbocycles. The Morgan fingerprint density at radius 3 is 3.09 bits per heavy atom. The molecule has 11 heavy (non-hydrogen) atoms. The molecule has 1 N–H and O–H groups in total. The maximum absolute atomic E-state index is 8.49. The van der Waals surface area contributed by atoms with Crippen LogP contribution in [0, 0.1) is 0 Å². The topological polar surface area (TPSA) is 33.1 Å². The van der Waals surface area contributed by atoms with Gasteiger partial charge in [-0.05, 0) is 0 Å². The number of aromatic nitrogens is 1. The largest absolute Gasteiger partial charge is 0.396 e. The molecule has 0 amide bonds. The van der Waals surface area contributed by atoms with Crippen molar-refractivity contribution < 1.29 is 5.11 Å². The summed E-state index contributed by atoms with van der Waals surface area (Å²) in [6.45, 7) is 0.226. The zero-order valence-electron chi connectivity index (χ0n) is 5.79. The summed E-state index contributed by atoms with van der Waals surface area (Å²) in [5, 5.41) is 9.51. The SMILES string of the molecule is OCCSCc1ncc(Cl)s1. The van der Waals surface area contributed by atoms with Crippen LogP contribution in [-0.4, -0.2) is 22.5 Å². The molecule has 0 aliphatic heterocycles. The molecule has 0 unspecified atom stereocenters. The predicted molar refractivity (Wildman–Crippen MR) is 50.4 cm³/mol. The molecule has 1 rings (SSSR count). The van der Waals surface area contributed by atoms with Crippen molar-refractivity contribution in [2.75, 3.05) is 12.4 Å². The zero-order chi connectivity index (χ0) is 8.10. The number of hydrogen-bond donors (Lipinski definition) is 1. The van der Waals surface area contributed by atoms with Crippen molar-refractivity contribution in [3.05, 3.63) is 15.5 Å². The Kier molecular flexibility index (Phi) is 4.22. The molecule has 2 nitrogen and oxygen atoms in total. The molecule has 0 aromatic carbocycles. The molecule has 0 saturated heterocycles. The van der Waals surface area contributed by atoms with Gasteiger partial charge in [-0.15, -0.1) is 11.3 Å². The van der Waals surface area contributed by atoms with Crippen LogP contribution < -0.4 is 0 Å². The third kappa shape index (κ3) is 3.42. The van der Waals surface area contributed by atoms with Gasteiger partial charge in [-0.2, -0.15) is 11.8 Å². The number of nitrogens with zero attached hydrogens (tertiary/aromatic N) is 1. The van der Waals surface area contributed by atoms with E-state index in [0.29, 0.717) is 0 Å². The number of rotatable bonds is 4. The van der Waals surface area contributed by atoms with Crippen LogP contribution in [0.4, 0.5) is 0 Å². The number of thioether (sulfide) groups is 1. The lowest BCUT2D eigenvalue weighted by molar-refractivity contribution is 0.322. The molecular formula is C6H8ClNOS2. The van der Waals surface area contributed by atoms with Crippen LogP contribution in [0.3, 0.4) is 0 Å². The summed E-state index contributed by atoms with van der Waals surface area (Å²) in [6, 6.07) is 0. The maximum atomic E-state index is 8.49. The van der Waals surface area contributed by atoms with E-state index in [1.165, 1.54) is 11.3 Å². The second kappa shape index (κ2) is 4.98. The molecule has 0 fully saturated rings. The number of aliphatic hydroxyl groups is 1. The minimum absolute atomic E-state index is 0.226. The van der Waals surface area contributed by atoms with Crippen LogP contribution in [0.15, 0.2) is 6.20 Å². The molecule has 5 heteroatoms. The van der Waals surface area contributed by atoms with Crippen LogP contribution in [0.5, 0.6) is 0 Å². The molecule has 0 radical (unpaired) electrons. The highest BCUT2D eigenvalue weighted by Gasteiger charge is 1.98. The highest BCUT2D eigenvalue weighted by molar-refractivity contribution is 7.98. The van der Waals surface area contributed by atoms with E-state index in [1.807, 2.05) is 0 Å². The van der Waals surface area contributed by atoms with E-state index in [4.69, 9.17) is 16.7 Å². The van der Waals surface area contributed by atoms with Gasteiger partial charge in [0.05, 0.1) is 12.8 Å².